The zero-order chi connectivity index (χ0) is 16.9. The number of imidazole rings is 1. The molecule has 128 valence electrons. The van der Waals surface area contributed by atoms with Crippen LogP contribution in [0, 0.1) is 0 Å². The summed E-state index contributed by atoms with van der Waals surface area (Å²) in [6.45, 7) is 3.36. The molecule has 1 fully saturated rings. The summed E-state index contributed by atoms with van der Waals surface area (Å²) in [5.74, 6) is 0.802. The summed E-state index contributed by atoms with van der Waals surface area (Å²) in [6, 6.07) is 16.3. The van der Waals surface area contributed by atoms with Crippen LogP contribution < -0.4 is 0 Å². The van der Waals surface area contributed by atoms with Crippen LogP contribution in [0.5, 0.6) is 0 Å². The van der Waals surface area contributed by atoms with Gasteiger partial charge in [-0.2, -0.15) is 0 Å². The van der Waals surface area contributed by atoms with E-state index in [1.54, 1.807) is 11.8 Å². The van der Waals surface area contributed by atoms with Crippen molar-refractivity contribution in [3.63, 3.8) is 0 Å². The summed E-state index contributed by atoms with van der Waals surface area (Å²) in [6.07, 6.45) is 4.00. The number of hydrogen-bond donors (Lipinski definition) is 0. The lowest BCUT2D eigenvalue weighted by atomic mass is 10.1. The number of nitrogens with zero attached hydrogens (tertiary/aromatic N) is 4. The molecule has 1 aliphatic carbocycles. The zero-order valence-electron chi connectivity index (χ0n) is 14.3. The fraction of sp³-hybridized carbons (Fsp3) is 0.350. The third-order valence-electron chi connectivity index (χ3n) is 4.47. The van der Waals surface area contributed by atoms with Gasteiger partial charge >= 0.3 is 0 Å². The van der Waals surface area contributed by atoms with Crippen molar-refractivity contribution in [2.45, 2.75) is 36.7 Å². The number of likely N-dealkylation sites (tertiary alicyclic amines) is 1. The van der Waals surface area contributed by atoms with Gasteiger partial charge in [0.2, 0.25) is 0 Å². The molecular weight excluding hydrogens is 328 g/mol. The highest BCUT2D eigenvalue weighted by Crippen LogP contribution is 2.25. The second kappa shape index (κ2) is 7.93. The molecule has 0 spiro atoms. The molecule has 0 amide bonds. The largest absolute Gasteiger partial charge is 0.298 e. The Bertz CT molecular complexity index is 770. The summed E-state index contributed by atoms with van der Waals surface area (Å²) in [7, 11) is 0. The quantitative estimate of drug-likeness (QED) is 0.643. The second-order valence-corrected chi connectivity index (χ2v) is 7.38. The summed E-state index contributed by atoms with van der Waals surface area (Å²) in [5, 5.41) is 0.824. The predicted molar refractivity (Wildman–Crippen MR) is 102 cm³/mol. The summed E-state index contributed by atoms with van der Waals surface area (Å²) in [4.78, 5) is 16.5. The fourth-order valence-corrected chi connectivity index (χ4v) is 3.96. The first-order valence-electron chi connectivity index (χ1n) is 8.89. The Balaban J connectivity index is 1.40. The molecule has 1 saturated heterocycles. The lowest BCUT2D eigenvalue weighted by Gasteiger charge is -2.26. The Labute approximate surface area is 153 Å². The highest BCUT2D eigenvalue weighted by molar-refractivity contribution is 7.98. The normalized spacial score (nSPS) is 15.5. The highest BCUT2D eigenvalue weighted by Gasteiger charge is 2.12. The average molecular weight is 350 g/mol. The molecule has 0 radical (unpaired) electrons. The number of hydrogen-bond acceptors (Lipinski definition) is 5. The molecular formula is C20H22N4S. The SMILES string of the molecule is c1ccc2nc(SCc3cccc(CN4CCCCC4)n3)nc-2cc1. The highest BCUT2D eigenvalue weighted by atomic mass is 32.2. The van der Waals surface area contributed by atoms with Crippen LogP contribution in [0.15, 0.2) is 53.7 Å². The van der Waals surface area contributed by atoms with Crippen LogP contribution in [0.25, 0.3) is 11.4 Å². The minimum absolute atomic E-state index is 0.802. The number of rotatable bonds is 5. The van der Waals surface area contributed by atoms with Crippen molar-refractivity contribution in [3.8, 4) is 11.4 Å². The van der Waals surface area contributed by atoms with Gasteiger partial charge in [-0.25, -0.2) is 9.97 Å². The average Bonchev–Trinajstić information content (AvgIpc) is 2.90. The molecule has 0 atom stereocenters. The van der Waals surface area contributed by atoms with Crippen molar-refractivity contribution in [2.75, 3.05) is 13.1 Å². The topological polar surface area (TPSA) is 41.9 Å². The second-order valence-electron chi connectivity index (χ2n) is 6.43. The van der Waals surface area contributed by atoms with Crippen LogP contribution in [-0.2, 0) is 12.3 Å². The van der Waals surface area contributed by atoms with Crippen molar-refractivity contribution < 1.29 is 0 Å². The van der Waals surface area contributed by atoms with Gasteiger partial charge in [0.05, 0.1) is 22.8 Å². The van der Waals surface area contributed by atoms with Crippen LogP contribution >= 0.6 is 11.8 Å². The van der Waals surface area contributed by atoms with Gasteiger partial charge in [0, 0.05) is 12.3 Å². The monoisotopic (exact) mass is 350 g/mol. The Morgan fingerprint density at radius 3 is 2.24 bits per heavy atom. The molecule has 3 aliphatic rings. The van der Waals surface area contributed by atoms with E-state index in [9.17, 15) is 0 Å². The number of aromatic nitrogens is 3. The van der Waals surface area contributed by atoms with Gasteiger partial charge in [0.1, 0.15) is 0 Å². The van der Waals surface area contributed by atoms with Gasteiger partial charge in [-0.3, -0.25) is 9.88 Å². The molecule has 1 aromatic heterocycles. The molecule has 0 saturated carbocycles. The maximum atomic E-state index is 4.83. The lowest BCUT2D eigenvalue weighted by Crippen LogP contribution is -2.29. The first kappa shape index (κ1) is 16.5. The molecule has 2 aliphatic heterocycles. The van der Waals surface area contributed by atoms with E-state index in [0.29, 0.717) is 0 Å². The predicted octanol–water partition coefficient (Wildman–Crippen LogP) is 4.25. The van der Waals surface area contributed by atoms with Crippen molar-refractivity contribution >= 4 is 11.8 Å². The minimum atomic E-state index is 0.802. The van der Waals surface area contributed by atoms with Gasteiger partial charge in [-0.1, -0.05) is 42.4 Å². The molecule has 25 heavy (non-hydrogen) atoms. The standard InChI is InChI=1S/C20H22N4S/c1-3-10-18-19(11-4-1)23-20(22-18)25-15-17-9-7-8-16(21-17)14-24-12-5-2-6-13-24/h1,3-4,7-11H,2,5-6,12-15H2. The van der Waals surface area contributed by atoms with Crippen LogP contribution in [-0.4, -0.2) is 32.9 Å². The summed E-state index contributed by atoms with van der Waals surface area (Å²) in [5.41, 5.74) is 4.15. The van der Waals surface area contributed by atoms with E-state index in [1.807, 2.05) is 30.3 Å². The number of fused-ring (bicyclic) bond motifs is 1. The third-order valence-corrected chi connectivity index (χ3v) is 5.35. The summed E-state index contributed by atoms with van der Waals surface area (Å²) >= 11 is 1.65. The Morgan fingerprint density at radius 2 is 1.48 bits per heavy atom. The Kier molecular flexibility index (Phi) is 5.23. The van der Waals surface area contributed by atoms with E-state index in [1.165, 1.54) is 38.0 Å². The molecule has 0 N–H and O–H groups in total. The van der Waals surface area contributed by atoms with Gasteiger partial charge < -0.3 is 0 Å². The van der Waals surface area contributed by atoms with E-state index in [0.717, 1.165) is 34.5 Å². The number of piperidine rings is 1. The first-order chi connectivity index (χ1) is 12.4. The van der Waals surface area contributed by atoms with E-state index in [4.69, 9.17) is 4.98 Å². The van der Waals surface area contributed by atoms with E-state index in [-0.39, 0.29) is 0 Å². The van der Waals surface area contributed by atoms with Gasteiger partial charge in [-0.05, 0) is 50.2 Å². The minimum Gasteiger partial charge on any atom is -0.298 e. The van der Waals surface area contributed by atoms with Crippen LogP contribution in [0.1, 0.15) is 30.7 Å². The van der Waals surface area contributed by atoms with Gasteiger partial charge in [-0.15, -0.1) is 0 Å². The molecule has 1 aromatic rings. The van der Waals surface area contributed by atoms with Crippen molar-refractivity contribution in [1.82, 2.24) is 19.9 Å². The van der Waals surface area contributed by atoms with Crippen LogP contribution in [0.2, 0.25) is 0 Å². The molecule has 0 bridgehead atoms. The van der Waals surface area contributed by atoms with Gasteiger partial charge in [0.25, 0.3) is 0 Å². The van der Waals surface area contributed by atoms with Gasteiger partial charge in [0.15, 0.2) is 5.16 Å². The van der Waals surface area contributed by atoms with E-state index < -0.39 is 0 Å². The van der Waals surface area contributed by atoms with Crippen molar-refractivity contribution in [3.05, 3.63) is 59.9 Å². The number of thioether (sulfide) groups is 1. The molecule has 4 rings (SSSR count). The first-order valence-corrected chi connectivity index (χ1v) is 9.88. The van der Waals surface area contributed by atoms with Crippen molar-refractivity contribution in [1.29, 1.82) is 0 Å². The van der Waals surface area contributed by atoms with Crippen molar-refractivity contribution in [2.24, 2.45) is 0 Å². The molecule has 0 unspecified atom stereocenters. The fourth-order valence-electron chi connectivity index (χ4n) is 3.20. The molecule has 5 heteroatoms. The maximum absolute atomic E-state index is 4.83. The number of pyridine rings is 1. The Hall–Kier alpha value is -1.98. The lowest BCUT2D eigenvalue weighted by molar-refractivity contribution is 0.218. The molecule has 4 nitrogen and oxygen atoms in total. The smallest absolute Gasteiger partial charge is 0.189 e. The van der Waals surface area contributed by atoms with E-state index in [2.05, 4.69) is 33.1 Å². The molecule has 3 heterocycles. The Morgan fingerprint density at radius 1 is 0.760 bits per heavy atom. The maximum Gasteiger partial charge on any atom is 0.189 e. The third kappa shape index (κ3) is 4.35. The van der Waals surface area contributed by atoms with Crippen LogP contribution in [0.4, 0.5) is 0 Å². The van der Waals surface area contributed by atoms with E-state index >= 15 is 0 Å². The zero-order valence-corrected chi connectivity index (χ0v) is 15.1. The van der Waals surface area contributed by atoms with Crippen LogP contribution in [0.3, 0.4) is 0 Å². The summed E-state index contributed by atoms with van der Waals surface area (Å²) < 4.78 is 0. The molecule has 0 aromatic carbocycles.